The highest BCUT2D eigenvalue weighted by atomic mass is 32.2. The average molecular weight is 608 g/mol. The smallest absolute Gasteiger partial charge is 0.277 e. The number of likely N-dealkylation sites (tertiary alicyclic amines) is 1. The van der Waals surface area contributed by atoms with Crippen molar-refractivity contribution in [3.8, 4) is 17.1 Å². The van der Waals surface area contributed by atoms with Gasteiger partial charge in [0.1, 0.15) is 17.1 Å². The van der Waals surface area contributed by atoms with E-state index in [-0.39, 0.29) is 22.8 Å². The summed E-state index contributed by atoms with van der Waals surface area (Å²) in [6.45, 7) is 7.54. The first-order chi connectivity index (χ1) is 20.8. The molecule has 0 atom stereocenters. The highest BCUT2D eigenvalue weighted by Gasteiger charge is 2.28. The van der Waals surface area contributed by atoms with E-state index in [1.807, 2.05) is 32.0 Å². The van der Waals surface area contributed by atoms with E-state index in [4.69, 9.17) is 9.72 Å². The lowest BCUT2D eigenvalue weighted by Crippen LogP contribution is -2.40. The third-order valence-electron chi connectivity index (χ3n) is 7.73. The van der Waals surface area contributed by atoms with Crippen molar-refractivity contribution in [3.63, 3.8) is 0 Å². The van der Waals surface area contributed by atoms with E-state index in [2.05, 4.69) is 20.0 Å². The van der Waals surface area contributed by atoms with Crippen molar-refractivity contribution in [2.75, 3.05) is 32.8 Å². The predicted octanol–water partition coefficient (Wildman–Crippen LogP) is 4.14. The van der Waals surface area contributed by atoms with Crippen molar-refractivity contribution in [1.82, 2.24) is 33.9 Å². The average Bonchev–Trinajstić information content (AvgIpc) is 3.34. The SMILES string of the molecule is CCCOc1ccc(S(=O)(=O)N(CCN2CCCCC2)Cc2ccccn2)cc1-c1nc2c(CCC)nn(C)c2c(=O)[nH]1. The Morgan fingerprint density at radius 3 is 2.60 bits per heavy atom. The van der Waals surface area contributed by atoms with Crippen molar-refractivity contribution in [1.29, 1.82) is 0 Å². The zero-order valence-electron chi connectivity index (χ0n) is 25.3. The molecular weight excluding hydrogens is 566 g/mol. The second-order valence-electron chi connectivity index (χ2n) is 11.0. The molecule has 0 amide bonds. The molecule has 0 aliphatic carbocycles. The summed E-state index contributed by atoms with van der Waals surface area (Å²) in [7, 11) is -2.23. The van der Waals surface area contributed by atoms with Gasteiger partial charge in [-0.1, -0.05) is 32.8 Å². The molecule has 230 valence electrons. The number of nitrogens with zero attached hydrogens (tertiary/aromatic N) is 6. The van der Waals surface area contributed by atoms with Crippen LogP contribution in [0.1, 0.15) is 57.3 Å². The van der Waals surface area contributed by atoms with Gasteiger partial charge >= 0.3 is 0 Å². The van der Waals surface area contributed by atoms with Crippen molar-refractivity contribution < 1.29 is 13.2 Å². The standard InChI is InChI=1S/C31H41N7O4S/c1-4-11-26-28-29(36(3)35-26)31(39)34-30(33-28)25-21-24(13-14-27(25)42-20-5-2)43(40,41)38(22-23-12-7-8-15-32-23)19-18-37-16-9-6-10-17-37/h7-8,12-15,21H,4-6,9-11,16-20,22H2,1-3H3,(H,33,34,39). The van der Waals surface area contributed by atoms with Gasteiger partial charge in [0.15, 0.2) is 5.52 Å². The van der Waals surface area contributed by atoms with Gasteiger partial charge in [-0.05, 0) is 69.1 Å². The fourth-order valence-electron chi connectivity index (χ4n) is 5.51. The molecule has 1 saturated heterocycles. The monoisotopic (exact) mass is 607 g/mol. The van der Waals surface area contributed by atoms with E-state index in [1.54, 1.807) is 36.1 Å². The minimum Gasteiger partial charge on any atom is -0.493 e. The normalized spacial score (nSPS) is 14.5. The first-order valence-electron chi connectivity index (χ1n) is 15.2. The lowest BCUT2D eigenvalue weighted by atomic mass is 10.1. The van der Waals surface area contributed by atoms with Crippen molar-refractivity contribution in [2.45, 2.75) is 63.8 Å². The molecule has 1 aromatic carbocycles. The molecule has 3 aromatic heterocycles. The van der Waals surface area contributed by atoms with Gasteiger partial charge in [-0.2, -0.15) is 9.40 Å². The number of hydrogen-bond acceptors (Lipinski definition) is 8. The second kappa shape index (κ2) is 13.8. The molecule has 1 aliphatic heterocycles. The molecule has 4 aromatic rings. The van der Waals surface area contributed by atoms with Gasteiger partial charge < -0.3 is 14.6 Å². The molecule has 0 unspecified atom stereocenters. The van der Waals surface area contributed by atoms with Gasteiger partial charge in [0, 0.05) is 26.3 Å². The molecule has 0 bridgehead atoms. The van der Waals surface area contributed by atoms with Crippen LogP contribution in [0.25, 0.3) is 22.4 Å². The summed E-state index contributed by atoms with van der Waals surface area (Å²) in [5.74, 6) is 0.699. The number of ether oxygens (including phenoxy) is 1. The van der Waals surface area contributed by atoms with Gasteiger partial charge in [0.25, 0.3) is 5.56 Å². The third kappa shape index (κ3) is 6.97. The number of pyridine rings is 1. The fraction of sp³-hybridized carbons (Fsp3) is 0.484. The van der Waals surface area contributed by atoms with Crippen LogP contribution in [-0.2, 0) is 30.0 Å². The lowest BCUT2D eigenvalue weighted by molar-refractivity contribution is 0.211. The lowest BCUT2D eigenvalue weighted by Gasteiger charge is -2.29. The zero-order valence-corrected chi connectivity index (χ0v) is 26.1. The number of aryl methyl sites for hydroxylation is 2. The van der Waals surface area contributed by atoms with Crippen LogP contribution in [0, 0.1) is 0 Å². The Bertz CT molecular complexity index is 1700. The van der Waals surface area contributed by atoms with Gasteiger partial charge in [-0.15, -0.1) is 0 Å². The van der Waals surface area contributed by atoms with Crippen LogP contribution < -0.4 is 10.3 Å². The summed E-state index contributed by atoms with van der Waals surface area (Å²) >= 11 is 0. The minimum atomic E-state index is -3.96. The number of fused-ring (bicyclic) bond motifs is 1. The number of piperidine rings is 1. The van der Waals surface area contributed by atoms with Gasteiger partial charge in [-0.25, -0.2) is 13.4 Å². The van der Waals surface area contributed by atoms with Crippen LogP contribution in [-0.4, -0.2) is 75.1 Å². The maximum absolute atomic E-state index is 14.3. The summed E-state index contributed by atoms with van der Waals surface area (Å²) in [6, 6.07) is 10.3. The highest BCUT2D eigenvalue weighted by Crippen LogP contribution is 2.32. The molecule has 43 heavy (non-hydrogen) atoms. The Kier molecular flexibility index (Phi) is 9.89. The first-order valence-corrected chi connectivity index (χ1v) is 16.6. The van der Waals surface area contributed by atoms with Crippen LogP contribution in [0.15, 0.2) is 52.3 Å². The largest absolute Gasteiger partial charge is 0.493 e. The molecule has 1 fully saturated rings. The third-order valence-corrected chi connectivity index (χ3v) is 9.57. The molecule has 12 heteroatoms. The van der Waals surface area contributed by atoms with E-state index >= 15 is 0 Å². The predicted molar refractivity (Wildman–Crippen MR) is 166 cm³/mol. The van der Waals surface area contributed by atoms with E-state index in [1.165, 1.54) is 10.7 Å². The van der Waals surface area contributed by atoms with Gasteiger partial charge in [0.2, 0.25) is 10.0 Å². The van der Waals surface area contributed by atoms with Crippen LogP contribution in [0.2, 0.25) is 0 Å². The molecular formula is C31H41N7O4S. The molecule has 0 radical (unpaired) electrons. The number of hydrogen-bond donors (Lipinski definition) is 1. The van der Waals surface area contributed by atoms with E-state index in [9.17, 15) is 13.2 Å². The molecule has 4 heterocycles. The van der Waals surface area contributed by atoms with E-state index in [0.29, 0.717) is 54.2 Å². The maximum atomic E-state index is 14.3. The summed E-state index contributed by atoms with van der Waals surface area (Å²) < 4.78 is 37.6. The van der Waals surface area contributed by atoms with Crippen molar-refractivity contribution in [3.05, 3.63) is 64.3 Å². The Balaban J connectivity index is 1.57. The van der Waals surface area contributed by atoms with Crippen LogP contribution in [0.5, 0.6) is 5.75 Å². The minimum absolute atomic E-state index is 0.101. The summed E-state index contributed by atoms with van der Waals surface area (Å²) in [5, 5.41) is 4.52. The van der Waals surface area contributed by atoms with Gasteiger partial charge in [-0.3, -0.25) is 14.5 Å². The highest BCUT2D eigenvalue weighted by molar-refractivity contribution is 7.89. The fourth-order valence-corrected chi connectivity index (χ4v) is 6.94. The van der Waals surface area contributed by atoms with E-state index < -0.39 is 10.0 Å². The molecule has 0 saturated carbocycles. The van der Waals surface area contributed by atoms with Crippen molar-refractivity contribution in [2.24, 2.45) is 7.05 Å². The number of sulfonamides is 1. The molecule has 1 N–H and O–H groups in total. The Hall–Kier alpha value is -3.61. The topological polar surface area (TPSA) is 126 Å². The second-order valence-corrected chi connectivity index (χ2v) is 12.9. The van der Waals surface area contributed by atoms with Gasteiger partial charge in [0.05, 0.1) is 35.0 Å². The molecule has 5 rings (SSSR count). The Labute approximate surface area is 253 Å². The van der Waals surface area contributed by atoms with Crippen LogP contribution in [0.4, 0.5) is 0 Å². The van der Waals surface area contributed by atoms with Crippen molar-refractivity contribution >= 4 is 21.1 Å². The number of benzene rings is 1. The number of H-pyrrole nitrogens is 1. The number of aromatic nitrogens is 5. The quantitative estimate of drug-likeness (QED) is 0.240. The number of aromatic amines is 1. The Morgan fingerprint density at radius 2 is 1.88 bits per heavy atom. The maximum Gasteiger partial charge on any atom is 0.277 e. The Morgan fingerprint density at radius 1 is 1.07 bits per heavy atom. The summed E-state index contributed by atoms with van der Waals surface area (Å²) in [6.07, 6.45) is 7.41. The molecule has 0 spiro atoms. The first kappa shape index (κ1) is 30.8. The zero-order chi connectivity index (χ0) is 30.4. The molecule has 11 nitrogen and oxygen atoms in total. The summed E-state index contributed by atoms with van der Waals surface area (Å²) in [4.78, 5) is 27.7. The number of rotatable bonds is 13. The van der Waals surface area contributed by atoms with Crippen LogP contribution in [0.3, 0.4) is 0 Å². The van der Waals surface area contributed by atoms with E-state index in [0.717, 1.165) is 44.5 Å². The summed E-state index contributed by atoms with van der Waals surface area (Å²) in [5.41, 5.74) is 2.36. The van der Waals surface area contributed by atoms with Crippen LogP contribution >= 0.6 is 0 Å². The number of nitrogens with one attached hydrogen (secondary N) is 1. The molecule has 1 aliphatic rings.